The van der Waals surface area contributed by atoms with Gasteiger partial charge in [0.25, 0.3) is 0 Å². The zero-order valence-electron chi connectivity index (χ0n) is 15.0. The van der Waals surface area contributed by atoms with Crippen molar-refractivity contribution >= 4 is 49.3 Å². The van der Waals surface area contributed by atoms with Gasteiger partial charge >= 0.3 is 0 Å². The van der Waals surface area contributed by atoms with Crippen molar-refractivity contribution in [2.24, 2.45) is 0 Å². The van der Waals surface area contributed by atoms with E-state index in [1.165, 1.54) is 21.5 Å². The third-order valence-corrected chi connectivity index (χ3v) is 5.56. The highest BCUT2D eigenvalue weighted by atomic mass is 15.0. The molecule has 3 heteroatoms. The number of nitrogens with one attached hydrogen (secondary N) is 1. The van der Waals surface area contributed by atoms with Gasteiger partial charge in [-0.3, -0.25) is 0 Å². The van der Waals surface area contributed by atoms with Crippen LogP contribution in [0.25, 0.3) is 54.1 Å². The van der Waals surface area contributed by atoms with Crippen LogP contribution in [0.5, 0.6) is 0 Å². The van der Waals surface area contributed by atoms with Gasteiger partial charge in [-0.05, 0) is 24.3 Å². The number of hydrogen-bond acceptors (Lipinski definition) is 0. The Balaban J connectivity index is 1.88. The van der Waals surface area contributed by atoms with Crippen LogP contribution in [0.15, 0.2) is 84.9 Å². The lowest BCUT2D eigenvalue weighted by molar-refractivity contribution is 1.19. The smallest absolute Gasteiger partial charge is 0.210 e. The average molecular weight is 357 g/mol. The van der Waals surface area contributed by atoms with E-state index in [2.05, 4.69) is 75.1 Å². The maximum Gasteiger partial charge on any atom is 0.210 e. The molecule has 0 bridgehead atoms. The number of fused-ring (bicyclic) bond motifs is 7. The van der Waals surface area contributed by atoms with Gasteiger partial charge in [-0.15, -0.1) is 0 Å². The van der Waals surface area contributed by atoms with Crippen LogP contribution < -0.4 is 0 Å². The van der Waals surface area contributed by atoms with Crippen LogP contribution in [0.2, 0.25) is 0 Å². The van der Waals surface area contributed by atoms with Crippen molar-refractivity contribution in [1.29, 1.82) is 0 Å². The summed E-state index contributed by atoms with van der Waals surface area (Å²) in [7, 11) is 0. The van der Waals surface area contributed by atoms with E-state index in [0.29, 0.717) is 5.69 Å². The number of para-hydroxylation sites is 4. The largest absolute Gasteiger partial charge is 0.354 e. The Labute approximate surface area is 161 Å². The molecule has 2 heterocycles. The second-order valence-corrected chi connectivity index (χ2v) is 7.01. The minimum atomic E-state index is 0.655. The number of aromatic nitrogens is 2. The predicted octanol–water partition coefficient (Wildman–Crippen LogP) is 6.97. The molecule has 2 aromatic heterocycles. The summed E-state index contributed by atoms with van der Waals surface area (Å²) in [5.74, 6) is 0. The summed E-state index contributed by atoms with van der Waals surface area (Å²) in [6, 6.07) is 29.0. The maximum absolute atomic E-state index is 7.61. The number of benzene rings is 4. The van der Waals surface area contributed by atoms with Crippen LogP contribution in [0, 0.1) is 6.57 Å². The van der Waals surface area contributed by atoms with E-state index >= 15 is 0 Å². The lowest BCUT2D eigenvalue weighted by Gasteiger charge is -2.09. The van der Waals surface area contributed by atoms with Crippen molar-refractivity contribution in [2.45, 2.75) is 0 Å². The molecule has 28 heavy (non-hydrogen) atoms. The molecule has 6 rings (SSSR count). The maximum atomic E-state index is 7.61. The second-order valence-electron chi connectivity index (χ2n) is 7.01. The molecule has 0 fully saturated rings. The topological polar surface area (TPSA) is 25.1 Å². The number of rotatable bonds is 1. The van der Waals surface area contributed by atoms with Gasteiger partial charge < -0.3 is 9.55 Å². The molecule has 1 N–H and O–H groups in total. The molecular formula is C25H15N3. The summed E-state index contributed by atoms with van der Waals surface area (Å²) < 4.78 is 2.21. The van der Waals surface area contributed by atoms with E-state index in [-0.39, 0.29) is 0 Å². The van der Waals surface area contributed by atoms with Crippen molar-refractivity contribution < 1.29 is 0 Å². The quantitative estimate of drug-likeness (QED) is 0.307. The highest BCUT2D eigenvalue weighted by molar-refractivity contribution is 6.25. The molecule has 6 aromatic rings. The second kappa shape index (κ2) is 5.48. The fourth-order valence-corrected chi connectivity index (χ4v) is 4.38. The summed E-state index contributed by atoms with van der Waals surface area (Å²) in [6.07, 6.45) is 0. The first-order valence-electron chi connectivity index (χ1n) is 9.26. The Hall–Kier alpha value is -4.03. The molecule has 0 aliphatic heterocycles. The number of nitrogens with zero attached hydrogens (tertiary/aromatic N) is 2. The zero-order chi connectivity index (χ0) is 18.7. The van der Waals surface area contributed by atoms with E-state index in [9.17, 15) is 0 Å². The Morgan fingerprint density at radius 2 is 1.43 bits per heavy atom. The minimum absolute atomic E-state index is 0.655. The lowest BCUT2D eigenvalue weighted by atomic mass is 10.1. The van der Waals surface area contributed by atoms with Crippen LogP contribution in [0.3, 0.4) is 0 Å². The molecule has 0 saturated carbocycles. The molecule has 4 aromatic carbocycles. The summed E-state index contributed by atoms with van der Waals surface area (Å²) in [4.78, 5) is 7.39. The molecule has 0 radical (unpaired) electrons. The van der Waals surface area contributed by atoms with Crippen LogP contribution in [-0.4, -0.2) is 9.55 Å². The molecule has 0 atom stereocenters. The van der Waals surface area contributed by atoms with Gasteiger partial charge in [0.2, 0.25) is 5.69 Å². The van der Waals surface area contributed by atoms with Gasteiger partial charge in [-0.25, -0.2) is 4.85 Å². The minimum Gasteiger partial charge on any atom is -0.354 e. The number of hydrogen-bond donors (Lipinski definition) is 1. The summed E-state index contributed by atoms with van der Waals surface area (Å²) in [5.41, 5.74) is 6.08. The lowest BCUT2D eigenvalue weighted by Crippen LogP contribution is -1.93. The first-order valence-corrected chi connectivity index (χ1v) is 9.26. The highest BCUT2D eigenvalue weighted by Crippen LogP contribution is 2.40. The SMILES string of the molecule is [C-]#[N+]c1ccccc1-n1c2ccccc2c2c3[nH]c4ccccc4c3ccc21. The van der Waals surface area contributed by atoms with Crippen molar-refractivity contribution in [2.75, 3.05) is 0 Å². The predicted molar refractivity (Wildman–Crippen MR) is 116 cm³/mol. The van der Waals surface area contributed by atoms with Crippen LogP contribution >= 0.6 is 0 Å². The van der Waals surface area contributed by atoms with Crippen molar-refractivity contribution in [3.63, 3.8) is 0 Å². The van der Waals surface area contributed by atoms with Gasteiger partial charge in [0.15, 0.2) is 0 Å². The normalized spacial score (nSPS) is 11.5. The molecule has 0 aliphatic rings. The van der Waals surface area contributed by atoms with Crippen LogP contribution in [0.1, 0.15) is 0 Å². The molecule has 130 valence electrons. The van der Waals surface area contributed by atoms with Crippen LogP contribution in [-0.2, 0) is 0 Å². The van der Waals surface area contributed by atoms with Crippen molar-refractivity contribution in [3.8, 4) is 5.69 Å². The summed E-state index contributed by atoms with van der Waals surface area (Å²) >= 11 is 0. The average Bonchev–Trinajstić information content (AvgIpc) is 3.29. The molecule has 0 aliphatic carbocycles. The molecule has 0 amide bonds. The van der Waals surface area contributed by atoms with E-state index in [4.69, 9.17) is 6.57 Å². The van der Waals surface area contributed by atoms with E-state index in [1.54, 1.807) is 0 Å². The Morgan fingerprint density at radius 3 is 2.32 bits per heavy atom. The highest BCUT2D eigenvalue weighted by Gasteiger charge is 2.17. The fourth-order valence-electron chi connectivity index (χ4n) is 4.38. The van der Waals surface area contributed by atoms with Gasteiger partial charge in [-0.2, -0.15) is 0 Å². The number of aromatic amines is 1. The Morgan fingerprint density at radius 1 is 0.679 bits per heavy atom. The van der Waals surface area contributed by atoms with E-state index in [0.717, 1.165) is 27.8 Å². The summed E-state index contributed by atoms with van der Waals surface area (Å²) in [6.45, 7) is 7.61. The molecule has 3 nitrogen and oxygen atoms in total. The van der Waals surface area contributed by atoms with Crippen LogP contribution in [0.4, 0.5) is 5.69 Å². The molecular weight excluding hydrogens is 342 g/mol. The third-order valence-electron chi connectivity index (χ3n) is 5.56. The first-order chi connectivity index (χ1) is 13.9. The van der Waals surface area contributed by atoms with Gasteiger partial charge in [0.1, 0.15) is 0 Å². The number of H-pyrrole nitrogens is 1. The molecule has 0 spiro atoms. The first kappa shape index (κ1) is 15.1. The van der Waals surface area contributed by atoms with E-state index in [1.807, 2.05) is 24.3 Å². The van der Waals surface area contributed by atoms with Gasteiger partial charge in [-0.1, -0.05) is 60.7 Å². The monoisotopic (exact) mass is 357 g/mol. The van der Waals surface area contributed by atoms with Crippen molar-refractivity contribution in [1.82, 2.24) is 9.55 Å². The Kier molecular flexibility index (Phi) is 2.95. The molecule has 0 saturated heterocycles. The molecule has 0 unspecified atom stereocenters. The standard InChI is InChI=1S/C25H15N3/c1-26-20-11-5-7-13-22(20)28-21-12-6-3-9-18(21)24-23(28)15-14-17-16-8-2-4-10-19(16)27-25(17)24/h2-15,27H. The van der Waals surface area contributed by atoms with E-state index < -0.39 is 0 Å². The third kappa shape index (κ3) is 1.87. The van der Waals surface area contributed by atoms with Crippen molar-refractivity contribution in [3.05, 3.63) is 96.3 Å². The zero-order valence-corrected chi connectivity index (χ0v) is 15.0. The fraction of sp³-hybridized carbons (Fsp3) is 0. The van der Waals surface area contributed by atoms with Gasteiger partial charge in [0.05, 0.1) is 28.8 Å². The van der Waals surface area contributed by atoms with Gasteiger partial charge in [0, 0.05) is 27.1 Å². The Bertz CT molecular complexity index is 1570. The summed E-state index contributed by atoms with van der Waals surface area (Å²) in [5, 5.41) is 4.85.